The van der Waals surface area contributed by atoms with E-state index in [0.29, 0.717) is 30.8 Å². The number of hydrogen-bond donors (Lipinski definition) is 3. The lowest BCUT2D eigenvalue weighted by Crippen LogP contribution is -2.51. The van der Waals surface area contributed by atoms with Gasteiger partial charge in [0.15, 0.2) is 0 Å². The van der Waals surface area contributed by atoms with E-state index in [1.807, 2.05) is 0 Å². The van der Waals surface area contributed by atoms with Crippen LogP contribution < -0.4 is 16.2 Å². The molecule has 8 heteroatoms. The van der Waals surface area contributed by atoms with Crippen LogP contribution >= 0.6 is 0 Å². The molecular formula is C18H24N4O4. The number of benzene rings is 1. The molecule has 0 radical (unpaired) electrons. The van der Waals surface area contributed by atoms with E-state index in [-0.39, 0.29) is 18.0 Å². The molecule has 0 spiro atoms. The van der Waals surface area contributed by atoms with Gasteiger partial charge in [-0.25, -0.2) is 9.59 Å². The number of carbonyl (C=O) groups is 3. The molecule has 1 aromatic carbocycles. The second kappa shape index (κ2) is 8.07. The standard InChI is InChI=1S/C18H24N4O4/c1-2-26-17(24)12-5-3-6-14(11-12)20-21-16(23)15-7-4-10-22(15)18(25)19-13-8-9-13/h3,5-6,11,13,15,20H,2,4,7-10H2,1H3,(H,19,25)(H,21,23)/t15-/m0/s1. The first kappa shape index (κ1) is 18.0. The summed E-state index contributed by atoms with van der Waals surface area (Å²) < 4.78 is 4.96. The van der Waals surface area contributed by atoms with Crippen LogP contribution in [-0.4, -0.2) is 48.0 Å². The number of urea groups is 1. The summed E-state index contributed by atoms with van der Waals surface area (Å²) in [4.78, 5) is 38.1. The van der Waals surface area contributed by atoms with Gasteiger partial charge < -0.3 is 15.0 Å². The molecule has 3 N–H and O–H groups in total. The van der Waals surface area contributed by atoms with Gasteiger partial charge in [-0.2, -0.15) is 0 Å². The van der Waals surface area contributed by atoms with Crippen LogP contribution in [0.25, 0.3) is 0 Å². The van der Waals surface area contributed by atoms with E-state index in [1.165, 1.54) is 0 Å². The Labute approximate surface area is 152 Å². The molecule has 1 heterocycles. The molecule has 3 amide bonds. The summed E-state index contributed by atoms with van der Waals surface area (Å²) in [5, 5.41) is 2.92. The van der Waals surface area contributed by atoms with Gasteiger partial charge in [-0.1, -0.05) is 6.07 Å². The zero-order chi connectivity index (χ0) is 18.5. The molecule has 0 unspecified atom stereocenters. The van der Waals surface area contributed by atoms with Crippen LogP contribution in [0.3, 0.4) is 0 Å². The van der Waals surface area contributed by atoms with Crippen molar-refractivity contribution in [3.05, 3.63) is 29.8 Å². The van der Waals surface area contributed by atoms with E-state index < -0.39 is 12.0 Å². The van der Waals surface area contributed by atoms with Crippen molar-refractivity contribution in [2.75, 3.05) is 18.6 Å². The fourth-order valence-corrected chi connectivity index (χ4v) is 2.92. The molecule has 1 aromatic rings. The second-order valence-electron chi connectivity index (χ2n) is 6.49. The molecular weight excluding hydrogens is 336 g/mol. The maximum atomic E-state index is 12.5. The molecule has 1 saturated carbocycles. The van der Waals surface area contributed by atoms with E-state index in [1.54, 1.807) is 36.1 Å². The number of esters is 1. The molecule has 2 aliphatic rings. The van der Waals surface area contributed by atoms with Crippen molar-refractivity contribution >= 4 is 23.6 Å². The normalized spacial score (nSPS) is 19.0. The fraction of sp³-hybridized carbons (Fsp3) is 0.500. The minimum absolute atomic E-state index is 0.172. The van der Waals surface area contributed by atoms with Crippen molar-refractivity contribution in [3.8, 4) is 0 Å². The van der Waals surface area contributed by atoms with Gasteiger partial charge >= 0.3 is 12.0 Å². The molecule has 140 valence electrons. The number of nitrogens with one attached hydrogen (secondary N) is 3. The number of ether oxygens (including phenoxy) is 1. The Morgan fingerprint density at radius 1 is 1.23 bits per heavy atom. The number of hydrazine groups is 1. The number of likely N-dealkylation sites (tertiary alicyclic amines) is 1. The van der Waals surface area contributed by atoms with E-state index in [9.17, 15) is 14.4 Å². The Morgan fingerprint density at radius 3 is 2.77 bits per heavy atom. The lowest BCUT2D eigenvalue weighted by atomic mass is 10.2. The van der Waals surface area contributed by atoms with Crippen molar-refractivity contribution in [3.63, 3.8) is 0 Å². The quantitative estimate of drug-likeness (QED) is 0.529. The number of carbonyl (C=O) groups excluding carboxylic acids is 3. The van der Waals surface area contributed by atoms with Crippen molar-refractivity contribution in [2.45, 2.75) is 44.7 Å². The predicted molar refractivity (Wildman–Crippen MR) is 95.4 cm³/mol. The van der Waals surface area contributed by atoms with Crippen LogP contribution in [0, 0.1) is 0 Å². The van der Waals surface area contributed by atoms with Gasteiger partial charge in [-0.05, 0) is 50.8 Å². The number of rotatable bonds is 6. The zero-order valence-corrected chi connectivity index (χ0v) is 14.8. The molecule has 1 aliphatic heterocycles. The van der Waals surface area contributed by atoms with E-state index in [2.05, 4.69) is 16.2 Å². The molecule has 1 atom stereocenters. The van der Waals surface area contributed by atoms with Gasteiger partial charge in [0.1, 0.15) is 6.04 Å². The molecule has 0 aromatic heterocycles. The summed E-state index contributed by atoms with van der Waals surface area (Å²) in [6, 6.07) is 6.27. The summed E-state index contributed by atoms with van der Waals surface area (Å²) in [5.74, 6) is -0.684. The minimum Gasteiger partial charge on any atom is -0.462 e. The fourth-order valence-electron chi connectivity index (χ4n) is 2.92. The van der Waals surface area contributed by atoms with Crippen molar-refractivity contribution < 1.29 is 19.1 Å². The number of anilines is 1. The molecule has 26 heavy (non-hydrogen) atoms. The molecule has 1 saturated heterocycles. The first-order chi connectivity index (χ1) is 12.6. The monoisotopic (exact) mass is 360 g/mol. The van der Waals surface area contributed by atoms with E-state index >= 15 is 0 Å². The first-order valence-electron chi connectivity index (χ1n) is 8.98. The maximum Gasteiger partial charge on any atom is 0.338 e. The Bertz CT molecular complexity index is 690. The van der Waals surface area contributed by atoms with Crippen molar-refractivity contribution in [1.29, 1.82) is 0 Å². The van der Waals surface area contributed by atoms with Crippen LogP contribution in [0.5, 0.6) is 0 Å². The third kappa shape index (κ3) is 4.44. The molecule has 2 fully saturated rings. The molecule has 1 aliphatic carbocycles. The first-order valence-corrected chi connectivity index (χ1v) is 8.98. The lowest BCUT2D eigenvalue weighted by molar-refractivity contribution is -0.124. The van der Waals surface area contributed by atoms with Crippen molar-refractivity contribution in [2.24, 2.45) is 0 Å². The smallest absolute Gasteiger partial charge is 0.338 e. The van der Waals surface area contributed by atoms with Gasteiger partial charge in [0, 0.05) is 12.6 Å². The van der Waals surface area contributed by atoms with Gasteiger partial charge in [-0.3, -0.25) is 15.6 Å². The number of hydrogen-bond acceptors (Lipinski definition) is 5. The topological polar surface area (TPSA) is 99.8 Å². The van der Waals surface area contributed by atoms with Crippen LogP contribution in [0.2, 0.25) is 0 Å². The summed E-state index contributed by atoms with van der Waals surface area (Å²) in [7, 11) is 0. The van der Waals surface area contributed by atoms with E-state index in [0.717, 1.165) is 19.3 Å². The van der Waals surface area contributed by atoms with Crippen LogP contribution in [0.1, 0.15) is 43.0 Å². The Morgan fingerprint density at radius 2 is 2.04 bits per heavy atom. The second-order valence-corrected chi connectivity index (χ2v) is 6.49. The predicted octanol–water partition coefficient (Wildman–Crippen LogP) is 1.64. The minimum atomic E-state index is -0.491. The van der Waals surface area contributed by atoms with Crippen molar-refractivity contribution in [1.82, 2.24) is 15.6 Å². The Kier molecular flexibility index (Phi) is 5.60. The Balaban J connectivity index is 1.55. The SMILES string of the molecule is CCOC(=O)c1cccc(NNC(=O)[C@@H]2CCCN2C(=O)NC2CC2)c1. The maximum absolute atomic E-state index is 12.5. The molecule has 8 nitrogen and oxygen atoms in total. The summed E-state index contributed by atoms with van der Waals surface area (Å²) in [6.07, 6.45) is 3.45. The number of nitrogens with zero attached hydrogens (tertiary/aromatic N) is 1. The average molecular weight is 360 g/mol. The van der Waals surface area contributed by atoms with Crippen LogP contribution in [0.4, 0.5) is 10.5 Å². The number of amides is 3. The van der Waals surface area contributed by atoms with Crippen LogP contribution in [-0.2, 0) is 9.53 Å². The van der Waals surface area contributed by atoms with Crippen LogP contribution in [0.15, 0.2) is 24.3 Å². The summed E-state index contributed by atoms with van der Waals surface area (Å²) >= 11 is 0. The highest BCUT2D eigenvalue weighted by atomic mass is 16.5. The lowest BCUT2D eigenvalue weighted by Gasteiger charge is -2.24. The zero-order valence-electron chi connectivity index (χ0n) is 14.8. The average Bonchev–Trinajstić information content (AvgIpc) is 3.31. The molecule has 0 bridgehead atoms. The van der Waals surface area contributed by atoms with E-state index in [4.69, 9.17) is 4.74 Å². The third-order valence-corrected chi connectivity index (χ3v) is 4.43. The summed E-state index contributed by atoms with van der Waals surface area (Å²) in [5.41, 5.74) is 6.40. The van der Waals surface area contributed by atoms with Gasteiger partial charge in [-0.15, -0.1) is 0 Å². The van der Waals surface area contributed by atoms with Gasteiger partial charge in [0.2, 0.25) is 0 Å². The highest BCUT2D eigenvalue weighted by Crippen LogP contribution is 2.22. The molecule has 3 rings (SSSR count). The Hall–Kier alpha value is -2.77. The highest BCUT2D eigenvalue weighted by Gasteiger charge is 2.36. The highest BCUT2D eigenvalue weighted by molar-refractivity contribution is 5.91. The summed E-state index contributed by atoms with van der Waals surface area (Å²) in [6.45, 7) is 2.62. The third-order valence-electron chi connectivity index (χ3n) is 4.43. The van der Waals surface area contributed by atoms with Gasteiger partial charge in [0.05, 0.1) is 17.9 Å². The largest absolute Gasteiger partial charge is 0.462 e. The van der Waals surface area contributed by atoms with Gasteiger partial charge in [0.25, 0.3) is 5.91 Å².